The largest absolute Gasteiger partial charge is 0.309 e. The van der Waals surface area contributed by atoms with Gasteiger partial charge in [-0.05, 0) is 97.1 Å². The number of benzene rings is 9. The third kappa shape index (κ3) is 5.16. The zero-order valence-electron chi connectivity index (χ0n) is 30.8. The number of para-hydroxylation sites is 2. The highest BCUT2D eigenvalue weighted by Gasteiger charge is 2.34. The molecule has 0 fully saturated rings. The molecule has 9 aromatic carbocycles. The SMILES string of the molecule is c1ccc(-c2ccc3c(c2)c2ccccc2n3-c2ccccc2-c2cccc(-c3ccc(-c4ccccc4)c4c3-c3ccccc3C4c3ccccc3)c2)cc1. The molecule has 0 saturated carbocycles. The van der Waals surface area contributed by atoms with Gasteiger partial charge in [0.2, 0.25) is 0 Å². The Balaban J connectivity index is 1.11. The number of fused-ring (bicyclic) bond motifs is 6. The summed E-state index contributed by atoms with van der Waals surface area (Å²) in [5.41, 5.74) is 20.1. The molecule has 1 atom stereocenters. The van der Waals surface area contributed by atoms with E-state index in [4.69, 9.17) is 0 Å². The fraction of sp³-hybridized carbons (Fsp3) is 0.0182. The van der Waals surface area contributed by atoms with E-state index in [1.54, 1.807) is 0 Å². The standard InChI is InChI=1S/C55H37N/c1-4-17-37(18-5-1)40-31-34-52-49(36-40)46-26-13-15-30-51(46)56(52)50-29-14-12-25-43(50)41-23-16-24-42(35-41)45-33-32-44(38-19-6-2-7-20-38)55-53(39-21-8-3-9-22-39)47-27-10-11-28-48(47)54(45)55/h1-36,53H. The maximum Gasteiger partial charge on any atom is 0.0541 e. The molecule has 0 N–H and O–H groups in total. The van der Waals surface area contributed by atoms with Crippen molar-refractivity contribution in [1.29, 1.82) is 0 Å². The maximum atomic E-state index is 2.45. The lowest BCUT2D eigenvalue weighted by atomic mass is 9.83. The van der Waals surface area contributed by atoms with Crippen molar-refractivity contribution in [2.75, 3.05) is 0 Å². The van der Waals surface area contributed by atoms with Crippen LogP contribution in [0.15, 0.2) is 218 Å². The van der Waals surface area contributed by atoms with Gasteiger partial charge in [-0.3, -0.25) is 0 Å². The molecule has 1 unspecified atom stereocenters. The van der Waals surface area contributed by atoms with Crippen LogP contribution >= 0.6 is 0 Å². The summed E-state index contributed by atoms with van der Waals surface area (Å²) in [5, 5.41) is 2.51. The Morgan fingerprint density at radius 1 is 0.321 bits per heavy atom. The molecule has 11 rings (SSSR count). The van der Waals surface area contributed by atoms with Crippen molar-refractivity contribution in [2.24, 2.45) is 0 Å². The van der Waals surface area contributed by atoms with Crippen LogP contribution in [0, 0.1) is 0 Å². The Hall–Kier alpha value is -7.22. The molecular formula is C55H37N. The predicted molar refractivity (Wildman–Crippen MR) is 235 cm³/mol. The van der Waals surface area contributed by atoms with Crippen molar-refractivity contribution in [3.8, 4) is 61.3 Å². The molecule has 56 heavy (non-hydrogen) atoms. The van der Waals surface area contributed by atoms with E-state index < -0.39 is 0 Å². The lowest BCUT2D eigenvalue weighted by molar-refractivity contribution is 1.02. The Bertz CT molecular complexity index is 3060. The average Bonchev–Trinajstić information content (AvgIpc) is 3.80. The summed E-state index contributed by atoms with van der Waals surface area (Å²) in [6.45, 7) is 0. The summed E-state index contributed by atoms with van der Waals surface area (Å²) in [6.07, 6.45) is 0. The van der Waals surface area contributed by atoms with Gasteiger partial charge >= 0.3 is 0 Å². The van der Waals surface area contributed by atoms with E-state index in [-0.39, 0.29) is 5.92 Å². The second kappa shape index (κ2) is 13.3. The molecule has 1 nitrogen and oxygen atoms in total. The van der Waals surface area contributed by atoms with E-state index in [1.165, 1.54) is 99.8 Å². The van der Waals surface area contributed by atoms with Crippen molar-refractivity contribution in [3.05, 3.63) is 235 Å². The van der Waals surface area contributed by atoms with E-state index in [9.17, 15) is 0 Å². The van der Waals surface area contributed by atoms with E-state index in [0.29, 0.717) is 0 Å². The fourth-order valence-electron chi connectivity index (χ4n) is 9.25. The molecule has 1 aliphatic rings. The minimum atomic E-state index is 0.138. The first-order valence-corrected chi connectivity index (χ1v) is 19.5. The van der Waals surface area contributed by atoms with Gasteiger partial charge < -0.3 is 4.57 Å². The molecule has 0 bridgehead atoms. The molecule has 1 aliphatic carbocycles. The van der Waals surface area contributed by atoms with Crippen LogP contribution in [0.1, 0.15) is 22.6 Å². The molecule has 1 heteroatoms. The fourth-order valence-corrected chi connectivity index (χ4v) is 9.25. The third-order valence-electron chi connectivity index (χ3n) is 11.7. The van der Waals surface area contributed by atoms with Crippen molar-refractivity contribution in [1.82, 2.24) is 4.57 Å². The second-order valence-electron chi connectivity index (χ2n) is 14.8. The van der Waals surface area contributed by atoms with Gasteiger partial charge in [-0.2, -0.15) is 0 Å². The van der Waals surface area contributed by atoms with Crippen LogP contribution < -0.4 is 0 Å². The van der Waals surface area contributed by atoms with Gasteiger partial charge in [-0.1, -0.05) is 188 Å². The zero-order valence-corrected chi connectivity index (χ0v) is 30.8. The molecule has 262 valence electrons. The molecule has 1 heterocycles. The van der Waals surface area contributed by atoms with Gasteiger partial charge in [-0.25, -0.2) is 0 Å². The van der Waals surface area contributed by atoms with Crippen molar-refractivity contribution in [2.45, 2.75) is 5.92 Å². The lowest BCUT2D eigenvalue weighted by Crippen LogP contribution is -2.01. The highest BCUT2D eigenvalue weighted by atomic mass is 15.0. The first-order valence-electron chi connectivity index (χ1n) is 19.5. The first kappa shape index (κ1) is 32.2. The first-order chi connectivity index (χ1) is 27.8. The summed E-state index contributed by atoms with van der Waals surface area (Å²) in [7, 11) is 0. The quantitative estimate of drug-likeness (QED) is 0.162. The zero-order chi connectivity index (χ0) is 37.0. The van der Waals surface area contributed by atoms with E-state index in [1.807, 2.05) is 0 Å². The van der Waals surface area contributed by atoms with Crippen LogP contribution in [0.3, 0.4) is 0 Å². The smallest absolute Gasteiger partial charge is 0.0541 e. The molecule has 0 aliphatic heterocycles. The van der Waals surface area contributed by atoms with Gasteiger partial charge in [0.15, 0.2) is 0 Å². The molecule has 0 saturated heterocycles. The van der Waals surface area contributed by atoms with Crippen LogP contribution in [0.2, 0.25) is 0 Å². The molecule has 10 aromatic rings. The van der Waals surface area contributed by atoms with E-state index in [2.05, 4.69) is 223 Å². The summed E-state index contributed by atoms with van der Waals surface area (Å²) >= 11 is 0. The van der Waals surface area contributed by atoms with Gasteiger partial charge in [0.05, 0.1) is 16.7 Å². The van der Waals surface area contributed by atoms with Gasteiger partial charge in [-0.15, -0.1) is 0 Å². The van der Waals surface area contributed by atoms with Crippen LogP contribution in [-0.2, 0) is 0 Å². The Morgan fingerprint density at radius 2 is 0.911 bits per heavy atom. The summed E-state index contributed by atoms with van der Waals surface area (Å²) in [4.78, 5) is 0. The van der Waals surface area contributed by atoms with Crippen LogP contribution in [-0.4, -0.2) is 4.57 Å². The minimum absolute atomic E-state index is 0.138. The van der Waals surface area contributed by atoms with Crippen LogP contribution in [0.4, 0.5) is 0 Å². The number of hydrogen-bond donors (Lipinski definition) is 0. The van der Waals surface area contributed by atoms with Gasteiger partial charge in [0.25, 0.3) is 0 Å². The summed E-state index contributed by atoms with van der Waals surface area (Å²) in [6, 6.07) is 80.1. The van der Waals surface area contributed by atoms with E-state index in [0.717, 1.165) is 0 Å². The number of nitrogens with zero attached hydrogens (tertiary/aromatic N) is 1. The van der Waals surface area contributed by atoms with Crippen LogP contribution in [0.25, 0.3) is 83.1 Å². The highest BCUT2D eigenvalue weighted by Crippen LogP contribution is 2.55. The number of hydrogen-bond acceptors (Lipinski definition) is 0. The molecule has 0 radical (unpaired) electrons. The van der Waals surface area contributed by atoms with Gasteiger partial charge in [0, 0.05) is 22.3 Å². The normalized spacial score (nSPS) is 13.2. The number of rotatable bonds is 6. The van der Waals surface area contributed by atoms with Gasteiger partial charge in [0.1, 0.15) is 0 Å². The topological polar surface area (TPSA) is 4.93 Å². The Kier molecular flexibility index (Phi) is 7.64. The molecule has 0 spiro atoms. The van der Waals surface area contributed by atoms with Crippen molar-refractivity contribution in [3.63, 3.8) is 0 Å². The van der Waals surface area contributed by atoms with Crippen LogP contribution in [0.5, 0.6) is 0 Å². The monoisotopic (exact) mass is 711 g/mol. The molecule has 1 aromatic heterocycles. The lowest BCUT2D eigenvalue weighted by Gasteiger charge is -2.20. The number of aromatic nitrogens is 1. The minimum Gasteiger partial charge on any atom is -0.309 e. The Morgan fingerprint density at radius 3 is 1.71 bits per heavy atom. The second-order valence-corrected chi connectivity index (χ2v) is 14.8. The third-order valence-corrected chi connectivity index (χ3v) is 11.7. The summed E-state index contributed by atoms with van der Waals surface area (Å²) < 4.78 is 2.45. The molecule has 0 amide bonds. The Labute approximate surface area is 327 Å². The van der Waals surface area contributed by atoms with E-state index >= 15 is 0 Å². The maximum absolute atomic E-state index is 2.45. The molecular weight excluding hydrogens is 675 g/mol. The summed E-state index contributed by atoms with van der Waals surface area (Å²) in [5.74, 6) is 0.138. The predicted octanol–water partition coefficient (Wildman–Crippen LogP) is 14.6. The van der Waals surface area contributed by atoms with Crippen molar-refractivity contribution >= 4 is 21.8 Å². The average molecular weight is 712 g/mol. The highest BCUT2D eigenvalue weighted by molar-refractivity contribution is 6.11. The van der Waals surface area contributed by atoms with Crippen molar-refractivity contribution < 1.29 is 0 Å².